The number of rotatable bonds is 5. The van der Waals surface area contributed by atoms with Crippen molar-refractivity contribution in [3.05, 3.63) is 28.8 Å². The number of esters is 1. The van der Waals surface area contributed by atoms with Crippen molar-refractivity contribution in [1.29, 1.82) is 0 Å². The summed E-state index contributed by atoms with van der Waals surface area (Å²) in [6, 6.07) is 2.74. The summed E-state index contributed by atoms with van der Waals surface area (Å²) in [6.45, 7) is -0.704. The van der Waals surface area contributed by atoms with Crippen molar-refractivity contribution in [2.45, 2.75) is 43.0 Å². The molecule has 1 aromatic carbocycles. The van der Waals surface area contributed by atoms with E-state index in [0.717, 1.165) is 38.2 Å². The lowest BCUT2D eigenvalue weighted by Crippen LogP contribution is -2.46. The molecule has 0 saturated heterocycles. The molecular weight excluding hydrogens is 398 g/mol. The monoisotopic (exact) mass is 417 g/mol. The van der Waals surface area contributed by atoms with E-state index in [1.165, 1.54) is 12.1 Å². The first-order chi connectivity index (χ1) is 12.7. The normalized spacial score (nSPS) is 15.0. The van der Waals surface area contributed by atoms with E-state index in [1.807, 2.05) is 0 Å². The van der Waals surface area contributed by atoms with Crippen LogP contribution in [0.15, 0.2) is 23.1 Å². The van der Waals surface area contributed by atoms with Gasteiger partial charge >= 0.3 is 12.0 Å². The second-order valence-corrected chi connectivity index (χ2v) is 8.06. The smallest absolute Gasteiger partial charge is 0.338 e. The standard InChI is InChI=1S/C16H20ClN3O6S/c17-12-7-6-10(8-13(12)27(18,24)25)15(22)26-9-14(21)20-16(23)19-11-4-2-1-3-5-11/h6-8,11H,1-5,9H2,(H2,18,24,25)(H2,19,20,21,23). The second-order valence-electron chi connectivity index (χ2n) is 6.12. The number of benzene rings is 1. The first-order valence-electron chi connectivity index (χ1n) is 8.26. The Morgan fingerprint density at radius 1 is 1.19 bits per heavy atom. The first-order valence-corrected chi connectivity index (χ1v) is 10.2. The SMILES string of the molecule is NS(=O)(=O)c1cc(C(=O)OCC(=O)NC(=O)NC2CCCCC2)ccc1Cl. The summed E-state index contributed by atoms with van der Waals surface area (Å²) in [5.74, 6) is -1.77. The predicted octanol–water partition coefficient (Wildman–Crippen LogP) is 1.30. The number of ether oxygens (including phenoxy) is 1. The Kier molecular flexibility index (Phi) is 7.17. The first kappa shape index (κ1) is 21.1. The molecule has 2 rings (SSSR count). The number of primary sulfonamides is 1. The molecule has 9 nitrogen and oxygen atoms in total. The minimum absolute atomic E-state index is 0.0276. The lowest BCUT2D eigenvalue weighted by Gasteiger charge is -2.22. The molecule has 0 heterocycles. The zero-order valence-electron chi connectivity index (χ0n) is 14.4. The molecule has 1 aliphatic carbocycles. The lowest BCUT2D eigenvalue weighted by molar-refractivity contribution is -0.123. The van der Waals surface area contributed by atoms with E-state index in [1.54, 1.807) is 0 Å². The number of nitrogens with two attached hydrogens (primary N) is 1. The quantitative estimate of drug-likeness (QED) is 0.616. The van der Waals surface area contributed by atoms with Gasteiger partial charge in [0.05, 0.1) is 10.6 Å². The molecule has 27 heavy (non-hydrogen) atoms. The third-order valence-electron chi connectivity index (χ3n) is 4.00. The fourth-order valence-electron chi connectivity index (χ4n) is 2.69. The van der Waals surface area contributed by atoms with E-state index in [-0.39, 0.29) is 16.6 Å². The summed E-state index contributed by atoms with van der Waals surface area (Å²) >= 11 is 5.73. The number of carbonyl (C=O) groups excluding carboxylic acids is 3. The van der Waals surface area contributed by atoms with Gasteiger partial charge in [0.15, 0.2) is 6.61 Å². The van der Waals surface area contributed by atoms with E-state index < -0.39 is 39.4 Å². The van der Waals surface area contributed by atoms with Crippen LogP contribution in [0.5, 0.6) is 0 Å². The van der Waals surface area contributed by atoms with Crippen LogP contribution in [0.1, 0.15) is 42.5 Å². The molecule has 0 aliphatic heterocycles. The summed E-state index contributed by atoms with van der Waals surface area (Å²) in [6.07, 6.45) is 4.90. The highest BCUT2D eigenvalue weighted by atomic mass is 35.5. The van der Waals surface area contributed by atoms with E-state index in [9.17, 15) is 22.8 Å². The van der Waals surface area contributed by atoms with Gasteiger partial charge in [-0.1, -0.05) is 30.9 Å². The van der Waals surface area contributed by atoms with Crippen LogP contribution in [0, 0.1) is 0 Å². The topological polar surface area (TPSA) is 145 Å². The van der Waals surface area contributed by atoms with Gasteiger partial charge in [-0.15, -0.1) is 0 Å². The van der Waals surface area contributed by atoms with Crippen molar-refractivity contribution in [1.82, 2.24) is 10.6 Å². The van der Waals surface area contributed by atoms with Crippen LogP contribution in [-0.2, 0) is 19.6 Å². The Bertz CT molecular complexity index is 837. The highest BCUT2D eigenvalue weighted by Crippen LogP contribution is 2.22. The van der Waals surface area contributed by atoms with Crippen molar-refractivity contribution in [3.63, 3.8) is 0 Å². The molecular formula is C16H20ClN3O6S. The Balaban J connectivity index is 1.86. The average molecular weight is 418 g/mol. The zero-order chi connectivity index (χ0) is 20.0. The molecule has 0 bridgehead atoms. The van der Waals surface area contributed by atoms with E-state index >= 15 is 0 Å². The largest absolute Gasteiger partial charge is 0.452 e. The Morgan fingerprint density at radius 3 is 2.48 bits per heavy atom. The van der Waals surface area contributed by atoms with Gasteiger partial charge in [0.25, 0.3) is 5.91 Å². The Hall–Kier alpha value is -2.17. The number of hydrogen-bond donors (Lipinski definition) is 3. The van der Waals surface area contributed by atoms with Gasteiger partial charge in [-0.25, -0.2) is 23.1 Å². The summed E-state index contributed by atoms with van der Waals surface area (Å²) in [4.78, 5) is 35.0. The Morgan fingerprint density at radius 2 is 1.85 bits per heavy atom. The van der Waals surface area contributed by atoms with Crippen molar-refractivity contribution in [2.75, 3.05) is 6.61 Å². The van der Waals surface area contributed by atoms with Crippen molar-refractivity contribution in [2.24, 2.45) is 5.14 Å². The molecule has 0 aromatic heterocycles. The maximum absolute atomic E-state index is 12.0. The predicted molar refractivity (Wildman–Crippen MR) is 96.7 cm³/mol. The van der Waals surface area contributed by atoms with Crippen LogP contribution >= 0.6 is 11.6 Å². The molecule has 148 valence electrons. The van der Waals surface area contributed by atoms with Crippen LogP contribution in [0.4, 0.5) is 4.79 Å². The van der Waals surface area contributed by atoms with Gasteiger partial charge < -0.3 is 10.1 Å². The number of urea groups is 1. The fraction of sp³-hybridized carbons (Fsp3) is 0.438. The third kappa shape index (κ3) is 6.49. The maximum atomic E-state index is 12.0. The molecule has 0 spiro atoms. The number of amides is 3. The van der Waals surface area contributed by atoms with Crippen molar-refractivity contribution >= 4 is 39.5 Å². The molecule has 1 aliphatic rings. The third-order valence-corrected chi connectivity index (χ3v) is 5.39. The maximum Gasteiger partial charge on any atom is 0.338 e. The van der Waals surface area contributed by atoms with Gasteiger partial charge in [0, 0.05) is 6.04 Å². The number of carbonyl (C=O) groups is 3. The number of nitrogens with one attached hydrogen (secondary N) is 2. The molecule has 0 atom stereocenters. The summed E-state index contributed by atoms with van der Waals surface area (Å²) in [5, 5.41) is 9.63. The molecule has 0 unspecified atom stereocenters. The highest BCUT2D eigenvalue weighted by molar-refractivity contribution is 7.89. The van der Waals surface area contributed by atoms with Crippen LogP contribution < -0.4 is 15.8 Å². The Labute approximate surface area is 161 Å². The summed E-state index contributed by atoms with van der Waals surface area (Å²) in [5.41, 5.74) is -0.150. The number of halogens is 1. The van der Waals surface area contributed by atoms with Crippen LogP contribution in [0.2, 0.25) is 5.02 Å². The van der Waals surface area contributed by atoms with Gasteiger partial charge in [-0.2, -0.15) is 0 Å². The molecule has 11 heteroatoms. The molecule has 1 fully saturated rings. The molecule has 3 amide bonds. The summed E-state index contributed by atoms with van der Waals surface area (Å²) < 4.78 is 27.6. The number of imide groups is 1. The number of sulfonamides is 1. The fourth-order valence-corrected chi connectivity index (χ4v) is 3.77. The molecule has 1 aromatic rings. The van der Waals surface area contributed by atoms with Crippen LogP contribution in [-0.4, -0.2) is 39.0 Å². The van der Waals surface area contributed by atoms with Crippen molar-refractivity contribution in [3.8, 4) is 0 Å². The van der Waals surface area contributed by atoms with Crippen LogP contribution in [0.25, 0.3) is 0 Å². The van der Waals surface area contributed by atoms with Gasteiger partial charge in [-0.05, 0) is 31.0 Å². The van der Waals surface area contributed by atoms with Gasteiger partial charge in [-0.3, -0.25) is 10.1 Å². The van der Waals surface area contributed by atoms with E-state index in [4.69, 9.17) is 21.5 Å². The van der Waals surface area contributed by atoms with E-state index in [0.29, 0.717) is 0 Å². The lowest BCUT2D eigenvalue weighted by atomic mass is 9.96. The van der Waals surface area contributed by atoms with Crippen molar-refractivity contribution < 1.29 is 27.5 Å². The highest BCUT2D eigenvalue weighted by Gasteiger charge is 2.19. The van der Waals surface area contributed by atoms with E-state index in [2.05, 4.69) is 10.6 Å². The van der Waals surface area contributed by atoms with Gasteiger partial charge in [0.1, 0.15) is 4.90 Å². The minimum Gasteiger partial charge on any atom is -0.452 e. The average Bonchev–Trinajstić information content (AvgIpc) is 2.59. The summed E-state index contributed by atoms with van der Waals surface area (Å²) in [7, 11) is -4.12. The molecule has 4 N–H and O–H groups in total. The second kappa shape index (κ2) is 9.16. The molecule has 0 radical (unpaired) electrons. The minimum atomic E-state index is -4.12. The molecule has 1 saturated carbocycles. The number of hydrogen-bond acceptors (Lipinski definition) is 6. The van der Waals surface area contributed by atoms with Crippen LogP contribution in [0.3, 0.4) is 0 Å². The van der Waals surface area contributed by atoms with Gasteiger partial charge in [0.2, 0.25) is 10.0 Å². The zero-order valence-corrected chi connectivity index (χ0v) is 15.9.